The van der Waals surface area contributed by atoms with Crippen molar-refractivity contribution in [2.75, 3.05) is 6.61 Å². The maximum atomic E-state index is 12.6. The van der Waals surface area contributed by atoms with Crippen LogP contribution in [0.2, 0.25) is 0 Å². The van der Waals surface area contributed by atoms with Crippen LogP contribution in [0, 0.1) is 116 Å². The SMILES string of the molecule is Cc1c(C)c2c(c(C)c1OC(=O)CCC(=O)OC(C)C)CCC(C)(CCCC(C)CCCC(C)CCCC(C)C)O2.Cc1c(C)c2c(c(C)c1OC(=O)CCC(=O)OC(C)C)CCC(C)(CCCC(C)CCCC(C)CCCC(C)C)O2.Cc1c(C)c2c(c(C)c1OCC(=O)OC(C)C)CCC(C)(CCCC(C)CCCC(C)CCCC(C)C)O2. The number of fused-ring (bicyclic) bond motifs is 3. The number of carbonyl (C=O) groups is 5. The number of rotatable bonds is 50. The zero-order valence-electron chi connectivity index (χ0n) is 82.5. The molecule has 0 radical (unpaired) electrons. The van der Waals surface area contributed by atoms with Crippen LogP contribution in [0.4, 0.5) is 0 Å². The van der Waals surface area contributed by atoms with Crippen LogP contribution in [-0.4, -0.2) is 71.6 Å². The van der Waals surface area contributed by atoms with Crippen molar-refractivity contribution in [3.05, 3.63) is 66.8 Å². The minimum Gasteiger partial charge on any atom is -0.487 e. The van der Waals surface area contributed by atoms with Crippen LogP contribution in [0.1, 0.15) is 430 Å². The van der Waals surface area contributed by atoms with Gasteiger partial charge in [-0.15, -0.1) is 0 Å². The third-order valence-corrected chi connectivity index (χ3v) is 26.4. The molecule has 9 unspecified atom stereocenters. The largest absolute Gasteiger partial charge is 0.487 e. The molecule has 686 valence electrons. The zero-order valence-corrected chi connectivity index (χ0v) is 82.5. The first-order chi connectivity index (χ1) is 56.3. The Morgan fingerprint density at radius 1 is 0.283 bits per heavy atom. The summed E-state index contributed by atoms with van der Waals surface area (Å²) in [5.74, 6) is 10.4. The number of carbonyl (C=O) groups excluding carboxylic acids is 5. The maximum absolute atomic E-state index is 12.6. The first kappa shape index (κ1) is 107. The third kappa shape index (κ3) is 38.0. The Morgan fingerprint density at radius 3 is 0.767 bits per heavy atom. The Balaban J connectivity index is 0.000000379. The highest BCUT2D eigenvalue weighted by molar-refractivity contribution is 5.81. The van der Waals surface area contributed by atoms with Crippen molar-refractivity contribution < 1.29 is 66.6 Å². The Labute approximate surface area is 733 Å². The maximum Gasteiger partial charge on any atom is 0.344 e. The van der Waals surface area contributed by atoms with E-state index in [9.17, 15) is 24.0 Å². The van der Waals surface area contributed by atoms with Crippen LogP contribution in [0.5, 0.6) is 34.5 Å². The fraction of sp³-hybridized carbons (Fsp3) is 0.783. The van der Waals surface area contributed by atoms with E-state index < -0.39 is 11.9 Å². The molecule has 14 heteroatoms. The van der Waals surface area contributed by atoms with Gasteiger partial charge in [0.05, 0.1) is 44.0 Å². The summed E-state index contributed by atoms with van der Waals surface area (Å²) in [4.78, 5) is 60.8. The normalized spacial score (nSPS) is 18.3. The van der Waals surface area contributed by atoms with Crippen LogP contribution in [0.25, 0.3) is 0 Å². The molecule has 0 N–H and O–H groups in total. The standard InChI is InChI=1S/2C36H60O5.C34H58O4/c2*1-24(2)14-11-15-26(5)16-12-17-27(6)18-13-22-36(10)23-21-31-30(9)34(28(7)29(8)35(31)41-36)40-33(38)20-19-32(37)39-25(3)4;1-23(2)14-11-15-25(5)16-12-17-26(6)18-13-20-34(10)21-19-30-29(9)32(27(7)28(8)33(30)38-34)36-22-31(35)37-24(3)4/h2*24-27H,11-23H2,1-10H3;23-26H,11-22H2,1-10H3. The van der Waals surface area contributed by atoms with Crippen molar-refractivity contribution in [2.45, 2.75) is 480 Å². The summed E-state index contributed by atoms with van der Waals surface area (Å²) in [5.41, 5.74) is 12.2. The van der Waals surface area contributed by atoms with Crippen LogP contribution in [0.15, 0.2) is 0 Å². The molecule has 0 amide bonds. The Kier molecular flexibility index (Phi) is 46.9. The van der Waals surface area contributed by atoms with Gasteiger partial charge < -0.3 is 42.6 Å². The van der Waals surface area contributed by atoms with Gasteiger partial charge in [-0.1, -0.05) is 218 Å². The van der Waals surface area contributed by atoms with Crippen molar-refractivity contribution in [3.63, 3.8) is 0 Å². The number of hydrogen-bond acceptors (Lipinski definition) is 14. The molecule has 3 aliphatic heterocycles. The van der Waals surface area contributed by atoms with Crippen molar-refractivity contribution in [1.82, 2.24) is 0 Å². The van der Waals surface area contributed by atoms with Crippen molar-refractivity contribution in [1.29, 1.82) is 0 Å². The molecule has 0 saturated heterocycles. The van der Waals surface area contributed by atoms with Gasteiger partial charge in [0.25, 0.3) is 0 Å². The van der Waals surface area contributed by atoms with Gasteiger partial charge in [-0.25, -0.2) is 4.79 Å². The molecular formula is C106H178O14. The number of ether oxygens (including phenoxy) is 9. The van der Waals surface area contributed by atoms with Crippen LogP contribution < -0.4 is 28.4 Å². The minimum absolute atomic E-state index is 0.00484. The first-order valence-electron chi connectivity index (χ1n) is 48.3. The molecule has 0 aromatic heterocycles. The molecule has 3 heterocycles. The number of hydrogen-bond donors (Lipinski definition) is 0. The molecule has 3 aliphatic rings. The highest BCUT2D eigenvalue weighted by Crippen LogP contribution is 2.49. The van der Waals surface area contributed by atoms with E-state index in [1.54, 1.807) is 27.7 Å². The lowest BCUT2D eigenvalue weighted by Gasteiger charge is -2.38. The molecule has 3 aromatic rings. The monoisotopic (exact) mass is 1680 g/mol. The fourth-order valence-corrected chi connectivity index (χ4v) is 18.1. The van der Waals surface area contributed by atoms with E-state index >= 15 is 0 Å². The zero-order chi connectivity index (χ0) is 89.9. The van der Waals surface area contributed by atoms with Gasteiger partial charge in [-0.2, -0.15) is 0 Å². The number of benzene rings is 3. The lowest BCUT2D eigenvalue weighted by atomic mass is 9.83. The molecule has 3 aromatic carbocycles. The highest BCUT2D eigenvalue weighted by atomic mass is 16.6. The van der Waals surface area contributed by atoms with Gasteiger partial charge in [0, 0.05) is 16.7 Å². The van der Waals surface area contributed by atoms with Gasteiger partial charge in [0.15, 0.2) is 6.61 Å². The Bertz CT molecular complexity index is 3450. The summed E-state index contributed by atoms with van der Waals surface area (Å²) < 4.78 is 53.3. The van der Waals surface area contributed by atoms with Gasteiger partial charge in [-0.3, -0.25) is 19.2 Å². The Hall–Kier alpha value is -5.79. The smallest absolute Gasteiger partial charge is 0.344 e. The Morgan fingerprint density at radius 2 is 0.508 bits per heavy atom. The van der Waals surface area contributed by atoms with E-state index in [0.717, 1.165) is 195 Å². The summed E-state index contributed by atoms with van der Waals surface area (Å²) in [6, 6.07) is 0. The lowest BCUT2D eigenvalue weighted by Crippen LogP contribution is -2.37. The molecule has 6 rings (SSSR count). The molecular weight excluding hydrogens is 1500 g/mol. The minimum atomic E-state index is -0.410. The second-order valence-electron chi connectivity index (χ2n) is 41.1. The summed E-state index contributed by atoms with van der Waals surface area (Å²) in [5, 5.41) is 0. The summed E-state index contributed by atoms with van der Waals surface area (Å²) >= 11 is 0. The van der Waals surface area contributed by atoms with E-state index in [1.165, 1.54) is 160 Å². The molecule has 120 heavy (non-hydrogen) atoms. The second kappa shape index (κ2) is 52.9. The predicted octanol–water partition coefficient (Wildman–Crippen LogP) is 29.0. The summed E-state index contributed by atoms with van der Waals surface area (Å²) in [6.45, 7) is 64.5. The van der Waals surface area contributed by atoms with Crippen molar-refractivity contribution in [3.8, 4) is 34.5 Å². The second-order valence-corrected chi connectivity index (χ2v) is 41.1. The fourth-order valence-electron chi connectivity index (χ4n) is 18.1. The van der Waals surface area contributed by atoms with E-state index in [-0.39, 0.29) is 85.3 Å². The van der Waals surface area contributed by atoms with Crippen LogP contribution in [-0.2, 0) is 57.4 Å². The average Bonchev–Trinajstić information content (AvgIpc) is 0.770. The van der Waals surface area contributed by atoms with Crippen molar-refractivity contribution >= 4 is 29.8 Å². The van der Waals surface area contributed by atoms with Crippen LogP contribution in [0.3, 0.4) is 0 Å². The lowest BCUT2D eigenvalue weighted by molar-refractivity contribution is -0.150. The molecule has 0 spiro atoms. The highest BCUT2D eigenvalue weighted by Gasteiger charge is 2.39. The third-order valence-electron chi connectivity index (χ3n) is 26.4. The van der Waals surface area contributed by atoms with Crippen LogP contribution >= 0.6 is 0 Å². The van der Waals surface area contributed by atoms with E-state index in [1.807, 2.05) is 41.5 Å². The van der Waals surface area contributed by atoms with Crippen molar-refractivity contribution in [2.24, 2.45) is 53.3 Å². The first-order valence-corrected chi connectivity index (χ1v) is 48.3. The summed E-state index contributed by atoms with van der Waals surface area (Å²) in [6.07, 6.45) is 40.4. The quantitative estimate of drug-likeness (QED) is 0.0297. The van der Waals surface area contributed by atoms with E-state index in [4.69, 9.17) is 42.6 Å². The van der Waals surface area contributed by atoms with E-state index in [2.05, 4.69) is 138 Å². The molecule has 14 nitrogen and oxygen atoms in total. The number of esters is 5. The van der Waals surface area contributed by atoms with Gasteiger partial charge in [0.1, 0.15) is 51.3 Å². The van der Waals surface area contributed by atoms with E-state index in [0.29, 0.717) is 11.5 Å². The van der Waals surface area contributed by atoms with Gasteiger partial charge >= 0.3 is 29.8 Å². The molecule has 0 saturated carbocycles. The van der Waals surface area contributed by atoms with Gasteiger partial charge in [0.2, 0.25) is 0 Å². The molecule has 9 atom stereocenters. The average molecular weight is 1680 g/mol. The molecule has 0 bridgehead atoms. The predicted molar refractivity (Wildman–Crippen MR) is 497 cm³/mol. The summed E-state index contributed by atoms with van der Waals surface area (Å²) in [7, 11) is 0. The van der Waals surface area contributed by atoms with Gasteiger partial charge in [-0.05, 0) is 305 Å². The molecule has 0 fully saturated rings. The topological polar surface area (TPSA) is 168 Å². The molecule has 0 aliphatic carbocycles.